The van der Waals surface area contributed by atoms with E-state index >= 15 is 0 Å². The summed E-state index contributed by atoms with van der Waals surface area (Å²) in [5.74, 6) is 0.223. The summed E-state index contributed by atoms with van der Waals surface area (Å²) in [5.41, 5.74) is -0.200. The van der Waals surface area contributed by atoms with E-state index in [0.29, 0.717) is 0 Å². The van der Waals surface area contributed by atoms with Gasteiger partial charge in [-0.1, -0.05) is 26.3 Å². The molecule has 4 heteroatoms. The molecule has 19 heavy (non-hydrogen) atoms. The van der Waals surface area contributed by atoms with Gasteiger partial charge in [0.05, 0.1) is 6.04 Å². The van der Waals surface area contributed by atoms with E-state index in [2.05, 4.69) is 42.0 Å². The van der Waals surface area contributed by atoms with Gasteiger partial charge < -0.3 is 10.6 Å². The molecular formula is C15H24N2OS. The van der Waals surface area contributed by atoms with Gasteiger partial charge in [-0.2, -0.15) is 0 Å². The van der Waals surface area contributed by atoms with Gasteiger partial charge in [-0.15, -0.1) is 11.3 Å². The molecule has 0 aliphatic carbocycles. The lowest BCUT2D eigenvalue weighted by Gasteiger charge is -2.34. The van der Waals surface area contributed by atoms with Gasteiger partial charge in [-0.25, -0.2) is 0 Å². The number of carbonyl (C=O) groups is 1. The predicted molar refractivity (Wildman–Crippen MR) is 80.3 cm³/mol. The SMILES string of the molecule is CCCC(NC(=O)C1(C)CCNCC1)c1cccs1. The summed E-state index contributed by atoms with van der Waals surface area (Å²) < 4.78 is 0. The summed E-state index contributed by atoms with van der Waals surface area (Å²) >= 11 is 1.73. The quantitative estimate of drug-likeness (QED) is 0.870. The second-order valence-electron chi connectivity index (χ2n) is 5.64. The zero-order valence-electron chi connectivity index (χ0n) is 11.9. The van der Waals surface area contributed by atoms with E-state index in [9.17, 15) is 4.79 Å². The van der Waals surface area contributed by atoms with Gasteiger partial charge in [0, 0.05) is 10.3 Å². The van der Waals surface area contributed by atoms with Gasteiger partial charge in [0.25, 0.3) is 0 Å². The minimum absolute atomic E-state index is 0.184. The van der Waals surface area contributed by atoms with E-state index in [1.54, 1.807) is 11.3 Å². The third kappa shape index (κ3) is 3.57. The molecule has 1 unspecified atom stereocenters. The molecule has 0 saturated carbocycles. The first-order chi connectivity index (χ1) is 9.15. The number of nitrogens with one attached hydrogen (secondary N) is 2. The van der Waals surface area contributed by atoms with Crippen molar-refractivity contribution in [2.75, 3.05) is 13.1 Å². The Hall–Kier alpha value is -0.870. The molecule has 2 N–H and O–H groups in total. The van der Waals surface area contributed by atoms with Gasteiger partial charge in [-0.05, 0) is 43.8 Å². The van der Waals surface area contributed by atoms with Gasteiger partial charge >= 0.3 is 0 Å². The average molecular weight is 280 g/mol. The van der Waals surface area contributed by atoms with Crippen molar-refractivity contribution < 1.29 is 4.79 Å². The van der Waals surface area contributed by atoms with Crippen LogP contribution in [0.25, 0.3) is 0 Å². The molecule has 1 amide bonds. The summed E-state index contributed by atoms with van der Waals surface area (Å²) in [5, 5.41) is 8.68. The third-order valence-corrected chi connectivity index (χ3v) is 5.01. The molecule has 3 nitrogen and oxygen atoms in total. The van der Waals surface area contributed by atoms with Crippen LogP contribution in [0.2, 0.25) is 0 Å². The highest BCUT2D eigenvalue weighted by Crippen LogP contribution is 2.31. The van der Waals surface area contributed by atoms with Gasteiger partial charge in [0.1, 0.15) is 0 Å². The first-order valence-electron chi connectivity index (χ1n) is 7.21. The molecule has 0 spiro atoms. The Kier molecular flexibility index (Phi) is 4.99. The fraction of sp³-hybridized carbons (Fsp3) is 0.667. The molecule has 2 heterocycles. The van der Waals surface area contributed by atoms with Crippen LogP contribution in [0.15, 0.2) is 17.5 Å². The predicted octanol–water partition coefficient (Wildman–Crippen LogP) is 3.10. The summed E-state index contributed by atoms with van der Waals surface area (Å²) in [6, 6.07) is 4.36. The number of rotatable bonds is 5. The van der Waals surface area contributed by atoms with Crippen molar-refractivity contribution >= 4 is 17.2 Å². The zero-order chi connectivity index (χ0) is 13.7. The van der Waals surface area contributed by atoms with E-state index in [1.807, 2.05) is 0 Å². The summed E-state index contributed by atoms with van der Waals surface area (Å²) in [6.07, 6.45) is 3.96. The van der Waals surface area contributed by atoms with Crippen molar-refractivity contribution in [3.05, 3.63) is 22.4 Å². The topological polar surface area (TPSA) is 41.1 Å². The summed E-state index contributed by atoms with van der Waals surface area (Å²) in [7, 11) is 0. The van der Waals surface area contributed by atoms with Gasteiger partial charge in [0.15, 0.2) is 0 Å². The highest BCUT2D eigenvalue weighted by molar-refractivity contribution is 7.10. The van der Waals surface area contributed by atoms with Crippen molar-refractivity contribution in [2.45, 2.75) is 45.6 Å². The monoisotopic (exact) mass is 280 g/mol. The third-order valence-electron chi connectivity index (χ3n) is 4.02. The first kappa shape index (κ1) is 14.5. The maximum Gasteiger partial charge on any atom is 0.226 e. The number of hydrogen-bond acceptors (Lipinski definition) is 3. The van der Waals surface area contributed by atoms with Crippen LogP contribution in [-0.2, 0) is 4.79 Å². The largest absolute Gasteiger partial charge is 0.348 e. The molecule has 0 bridgehead atoms. The molecule has 1 atom stereocenters. The van der Waals surface area contributed by atoms with Crippen molar-refractivity contribution in [1.82, 2.24) is 10.6 Å². The second-order valence-corrected chi connectivity index (χ2v) is 6.62. The van der Waals surface area contributed by atoms with E-state index in [4.69, 9.17) is 0 Å². The van der Waals surface area contributed by atoms with Crippen LogP contribution in [0, 0.1) is 5.41 Å². The Morgan fingerprint density at radius 3 is 2.84 bits per heavy atom. The fourth-order valence-electron chi connectivity index (χ4n) is 2.60. The maximum atomic E-state index is 12.6. The van der Waals surface area contributed by atoms with E-state index < -0.39 is 0 Å². The van der Waals surface area contributed by atoms with Crippen molar-refractivity contribution in [1.29, 1.82) is 0 Å². The molecule has 0 aromatic carbocycles. The van der Waals surface area contributed by atoms with Crippen LogP contribution in [-0.4, -0.2) is 19.0 Å². The highest BCUT2D eigenvalue weighted by Gasteiger charge is 2.35. The molecule has 1 aromatic rings. The lowest BCUT2D eigenvalue weighted by Crippen LogP contribution is -2.46. The number of thiophene rings is 1. The molecule has 1 aromatic heterocycles. The van der Waals surface area contributed by atoms with Gasteiger partial charge in [-0.3, -0.25) is 4.79 Å². The Morgan fingerprint density at radius 1 is 1.53 bits per heavy atom. The smallest absolute Gasteiger partial charge is 0.226 e. The second kappa shape index (κ2) is 6.53. The summed E-state index contributed by atoms with van der Waals surface area (Å²) in [6.45, 7) is 6.16. The van der Waals surface area contributed by atoms with Crippen molar-refractivity contribution in [3.63, 3.8) is 0 Å². The van der Waals surface area contributed by atoms with Crippen LogP contribution < -0.4 is 10.6 Å². The number of hydrogen-bond donors (Lipinski definition) is 2. The van der Waals surface area contributed by atoms with Gasteiger partial charge in [0.2, 0.25) is 5.91 Å². The van der Waals surface area contributed by atoms with Crippen molar-refractivity contribution in [3.8, 4) is 0 Å². The Morgan fingerprint density at radius 2 is 2.26 bits per heavy atom. The molecule has 1 aliphatic heterocycles. The lowest BCUT2D eigenvalue weighted by molar-refractivity contribution is -0.132. The van der Waals surface area contributed by atoms with Crippen LogP contribution in [0.3, 0.4) is 0 Å². The first-order valence-corrected chi connectivity index (χ1v) is 8.09. The van der Waals surface area contributed by atoms with Crippen LogP contribution in [0.5, 0.6) is 0 Å². The molecular weight excluding hydrogens is 256 g/mol. The van der Waals surface area contributed by atoms with Crippen molar-refractivity contribution in [2.24, 2.45) is 5.41 Å². The Bertz CT molecular complexity index is 396. The highest BCUT2D eigenvalue weighted by atomic mass is 32.1. The zero-order valence-corrected chi connectivity index (χ0v) is 12.7. The molecule has 1 fully saturated rings. The molecule has 1 saturated heterocycles. The number of piperidine rings is 1. The van der Waals surface area contributed by atoms with Crippen LogP contribution in [0.4, 0.5) is 0 Å². The lowest BCUT2D eigenvalue weighted by atomic mass is 9.80. The van der Waals surface area contributed by atoms with E-state index in [1.165, 1.54) is 4.88 Å². The number of carbonyl (C=O) groups excluding carboxylic acids is 1. The maximum absolute atomic E-state index is 12.6. The summed E-state index contributed by atoms with van der Waals surface area (Å²) in [4.78, 5) is 13.8. The number of amides is 1. The fourth-order valence-corrected chi connectivity index (χ4v) is 3.41. The van der Waals surface area contributed by atoms with Crippen LogP contribution >= 0.6 is 11.3 Å². The molecule has 0 radical (unpaired) electrons. The normalized spacial score (nSPS) is 19.9. The standard InChI is InChI=1S/C15H24N2OS/c1-3-5-12(13-6-4-11-19-13)17-14(18)15(2)7-9-16-10-8-15/h4,6,11-12,16H,3,5,7-10H2,1-2H3,(H,17,18). The van der Waals surface area contributed by atoms with E-state index in [-0.39, 0.29) is 17.4 Å². The minimum Gasteiger partial charge on any atom is -0.348 e. The Labute approximate surface area is 119 Å². The molecule has 2 rings (SSSR count). The Balaban J connectivity index is 2.02. The average Bonchev–Trinajstić information content (AvgIpc) is 2.93. The minimum atomic E-state index is -0.200. The molecule has 106 valence electrons. The molecule has 1 aliphatic rings. The van der Waals surface area contributed by atoms with Crippen LogP contribution in [0.1, 0.15) is 50.4 Å². The van der Waals surface area contributed by atoms with E-state index in [0.717, 1.165) is 38.8 Å².